The van der Waals surface area contributed by atoms with E-state index in [1.54, 1.807) is 0 Å². The Kier molecular flexibility index (Phi) is 5.54. The summed E-state index contributed by atoms with van der Waals surface area (Å²) in [6, 6.07) is -0.618. The van der Waals surface area contributed by atoms with Crippen molar-refractivity contribution < 1.29 is 14.3 Å². The molecular formula is C8H14N2O3. The summed E-state index contributed by atoms with van der Waals surface area (Å²) in [5, 5.41) is 2.32. The maximum atomic E-state index is 10.9. The second-order valence-electron chi connectivity index (χ2n) is 2.48. The molecule has 5 heteroatoms. The SMILES string of the molecule is C=CCOC(=O)CNC(=O)[C@H](C)N. The van der Waals surface area contributed by atoms with Crippen LogP contribution in [0.15, 0.2) is 12.7 Å². The first kappa shape index (κ1) is 11.6. The molecule has 0 saturated carbocycles. The fourth-order valence-electron chi connectivity index (χ4n) is 0.523. The summed E-state index contributed by atoms with van der Waals surface area (Å²) in [5.41, 5.74) is 5.24. The van der Waals surface area contributed by atoms with Gasteiger partial charge in [-0.15, -0.1) is 0 Å². The Labute approximate surface area is 76.9 Å². The predicted octanol–water partition coefficient (Wildman–Crippen LogP) is -0.821. The van der Waals surface area contributed by atoms with Gasteiger partial charge < -0.3 is 15.8 Å². The number of hydrogen-bond donors (Lipinski definition) is 2. The van der Waals surface area contributed by atoms with E-state index in [2.05, 4.69) is 16.6 Å². The number of carbonyl (C=O) groups is 2. The highest BCUT2D eigenvalue weighted by Gasteiger charge is 2.08. The number of nitrogens with two attached hydrogens (primary N) is 1. The number of amides is 1. The first-order valence-corrected chi connectivity index (χ1v) is 3.87. The normalized spacial score (nSPS) is 11.5. The van der Waals surface area contributed by atoms with Crippen LogP contribution in [0.25, 0.3) is 0 Å². The highest BCUT2D eigenvalue weighted by Crippen LogP contribution is 1.79. The van der Waals surface area contributed by atoms with Crippen LogP contribution in [-0.2, 0) is 14.3 Å². The van der Waals surface area contributed by atoms with Crippen LogP contribution in [0.5, 0.6) is 0 Å². The van der Waals surface area contributed by atoms with Crippen molar-refractivity contribution >= 4 is 11.9 Å². The molecule has 0 bridgehead atoms. The Bertz CT molecular complexity index is 202. The largest absolute Gasteiger partial charge is 0.460 e. The van der Waals surface area contributed by atoms with E-state index in [0.717, 1.165) is 0 Å². The molecule has 1 atom stereocenters. The van der Waals surface area contributed by atoms with Gasteiger partial charge in [0.15, 0.2) is 0 Å². The van der Waals surface area contributed by atoms with E-state index in [0.29, 0.717) is 0 Å². The molecule has 5 nitrogen and oxygen atoms in total. The second-order valence-corrected chi connectivity index (χ2v) is 2.48. The van der Waals surface area contributed by atoms with E-state index in [1.165, 1.54) is 13.0 Å². The van der Waals surface area contributed by atoms with Gasteiger partial charge in [-0.1, -0.05) is 12.7 Å². The van der Waals surface area contributed by atoms with Crippen LogP contribution in [0.4, 0.5) is 0 Å². The number of esters is 1. The fourth-order valence-corrected chi connectivity index (χ4v) is 0.523. The third kappa shape index (κ3) is 5.86. The van der Waals surface area contributed by atoms with Crippen LogP contribution in [0, 0.1) is 0 Å². The first-order valence-electron chi connectivity index (χ1n) is 3.87. The number of rotatable bonds is 5. The maximum absolute atomic E-state index is 10.9. The van der Waals surface area contributed by atoms with Gasteiger partial charge in [0.2, 0.25) is 5.91 Å². The van der Waals surface area contributed by atoms with Gasteiger partial charge in [0.1, 0.15) is 13.2 Å². The highest BCUT2D eigenvalue weighted by molar-refractivity contribution is 5.85. The summed E-state index contributed by atoms with van der Waals surface area (Å²) in [5.74, 6) is -0.885. The number of ether oxygens (including phenoxy) is 1. The van der Waals surface area contributed by atoms with E-state index in [4.69, 9.17) is 5.73 Å². The summed E-state index contributed by atoms with van der Waals surface area (Å²) in [7, 11) is 0. The minimum absolute atomic E-state index is 0.146. The van der Waals surface area contributed by atoms with Crippen molar-refractivity contribution in [3.63, 3.8) is 0 Å². The van der Waals surface area contributed by atoms with Crippen molar-refractivity contribution in [1.29, 1.82) is 0 Å². The van der Waals surface area contributed by atoms with Crippen LogP contribution < -0.4 is 11.1 Å². The molecule has 0 fully saturated rings. The molecule has 0 saturated heterocycles. The lowest BCUT2D eigenvalue weighted by molar-refractivity contribution is -0.142. The molecule has 74 valence electrons. The molecule has 0 heterocycles. The van der Waals surface area contributed by atoms with E-state index >= 15 is 0 Å². The van der Waals surface area contributed by atoms with E-state index in [1.807, 2.05) is 0 Å². The van der Waals surface area contributed by atoms with Crippen LogP contribution in [0.2, 0.25) is 0 Å². The monoisotopic (exact) mass is 186 g/mol. The molecular weight excluding hydrogens is 172 g/mol. The van der Waals surface area contributed by atoms with Crippen LogP contribution in [0.1, 0.15) is 6.92 Å². The van der Waals surface area contributed by atoms with Gasteiger partial charge in [-0.25, -0.2) is 0 Å². The molecule has 13 heavy (non-hydrogen) atoms. The summed E-state index contributed by atoms with van der Waals surface area (Å²) in [6.07, 6.45) is 1.45. The van der Waals surface area contributed by atoms with Crippen molar-refractivity contribution in [3.8, 4) is 0 Å². The molecule has 0 radical (unpaired) electrons. The standard InChI is InChI=1S/C8H14N2O3/c1-3-4-13-7(11)5-10-8(12)6(2)9/h3,6H,1,4-5,9H2,2H3,(H,10,12)/t6-/m0/s1. The molecule has 0 unspecified atom stereocenters. The van der Waals surface area contributed by atoms with Gasteiger partial charge in [-0.3, -0.25) is 9.59 Å². The Morgan fingerprint density at radius 3 is 2.77 bits per heavy atom. The zero-order valence-electron chi connectivity index (χ0n) is 7.58. The predicted molar refractivity (Wildman–Crippen MR) is 47.8 cm³/mol. The van der Waals surface area contributed by atoms with Crippen molar-refractivity contribution in [2.24, 2.45) is 5.73 Å². The molecule has 0 aromatic rings. The second kappa shape index (κ2) is 6.19. The van der Waals surface area contributed by atoms with Crippen molar-refractivity contribution in [2.45, 2.75) is 13.0 Å². The summed E-state index contributed by atoms with van der Waals surface area (Å²) in [4.78, 5) is 21.7. The molecule has 0 aliphatic heterocycles. The van der Waals surface area contributed by atoms with Gasteiger partial charge in [-0.05, 0) is 6.92 Å². The van der Waals surface area contributed by atoms with Crippen molar-refractivity contribution in [2.75, 3.05) is 13.2 Å². The Morgan fingerprint density at radius 2 is 2.31 bits per heavy atom. The van der Waals surface area contributed by atoms with Crippen molar-refractivity contribution in [3.05, 3.63) is 12.7 Å². The average Bonchev–Trinajstić information content (AvgIpc) is 2.10. The van der Waals surface area contributed by atoms with Crippen LogP contribution in [0.3, 0.4) is 0 Å². The first-order chi connectivity index (χ1) is 6.07. The molecule has 3 N–H and O–H groups in total. The Balaban J connectivity index is 3.57. The van der Waals surface area contributed by atoms with Gasteiger partial charge in [0.05, 0.1) is 6.04 Å². The number of carbonyl (C=O) groups excluding carboxylic acids is 2. The lowest BCUT2D eigenvalue weighted by Crippen LogP contribution is -2.41. The third-order valence-electron chi connectivity index (χ3n) is 1.18. The topological polar surface area (TPSA) is 81.4 Å². The number of hydrogen-bond acceptors (Lipinski definition) is 4. The smallest absolute Gasteiger partial charge is 0.325 e. The lowest BCUT2D eigenvalue weighted by Gasteiger charge is -2.06. The Hall–Kier alpha value is -1.36. The lowest BCUT2D eigenvalue weighted by atomic mass is 10.3. The minimum atomic E-state index is -0.618. The molecule has 1 amide bonds. The molecule has 0 aromatic heterocycles. The van der Waals surface area contributed by atoms with Crippen molar-refractivity contribution in [1.82, 2.24) is 5.32 Å². The van der Waals surface area contributed by atoms with Gasteiger partial charge in [0.25, 0.3) is 0 Å². The molecule has 0 aliphatic rings. The van der Waals surface area contributed by atoms with Crippen LogP contribution >= 0.6 is 0 Å². The average molecular weight is 186 g/mol. The summed E-state index contributed by atoms with van der Waals surface area (Å²) < 4.78 is 4.61. The summed E-state index contributed by atoms with van der Waals surface area (Å²) in [6.45, 7) is 4.89. The van der Waals surface area contributed by atoms with E-state index in [-0.39, 0.29) is 19.1 Å². The zero-order valence-corrected chi connectivity index (χ0v) is 7.58. The fraction of sp³-hybridized carbons (Fsp3) is 0.500. The molecule has 0 aliphatic carbocycles. The molecule has 0 aromatic carbocycles. The van der Waals surface area contributed by atoms with Gasteiger partial charge >= 0.3 is 5.97 Å². The third-order valence-corrected chi connectivity index (χ3v) is 1.18. The van der Waals surface area contributed by atoms with Gasteiger partial charge in [-0.2, -0.15) is 0 Å². The Morgan fingerprint density at radius 1 is 1.69 bits per heavy atom. The molecule has 0 rings (SSSR count). The summed E-state index contributed by atoms with van der Waals surface area (Å²) >= 11 is 0. The zero-order chi connectivity index (χ0) is 10.3. The number of nitrogens with one attached hydrogen (secondary N) is 1. The maximum Gasteiger partial charge on any atom is 0.325 e. The highest BCUT2D eigenvalue weighted by atomic mass is 16.5. The van der Waals surface area contributed by atoms with Gasteiger partial charge in [0, 0.05) is 0 Å². The van der Waals surface area contributed by atoms with Crippen LogP contribution in [-0.4, -0.2) is 31.1 Å². The van der Waals surface area contributed by atoms with E-state index < -0.39 is 12.0 Å². The molecule has 0 spiro atoms. The minimum Gasteiger partial charge on any atom is -0.460 e. The van der Waals surface area contributed by atoms with E-state index in [9.17, 15) is 9.59 Å². The quantitative estimate of drug-likeness (QED) is 0.434.